The zero-order valence-corrected chi connectivity index (χ0v) is 15.6. The molecule has 1 unspecified atom stereocenters. The minimum Gasteiger partial charge on any atom is -0.389 e. The fourth-order valence-corrected chi connectivity index (χ4v) is 3.29. The molecule has 136 valence electrons. The van der Waals surface area contributed by atoms with Gasteiger partial charge >= 0.3 is 0 Å². The van der Waals surface area contributed by atoms with E-state index in [1.165, 1.54) is 19.3 Å². The Kier molecular flexibility index (Phi) is 5.15. The first kappa shape index (κ1) is 17.9. The van der Waals surface area contributed by atoms with Crippen molar-refractivity contribution in [2.45, 2.75) is 64.6 Å². The van der Waals surface area contributed by atoms with Crippen molar-refractivity contribution < 1.29 is 5.11 Å². The lowest BCUT2D eigenvalue weighted by atomic mass is 10.1. The summed E-state index contributed by atoms with van der Waals surface area (Å²) >= 11 is 0. The van der Waals surface area contributed by atoms with Crippen molar-refractivity contribution in [2.24, 2.45) is 0 Å². The van der Waals surface area contributed by atoms with Gasteiger partial charge in [0.2, 0.25) is 5.82 Å². The van der Waals surface area contributed by atoms with Gasteiger partial charge in [-0.2, -0.15) is 5.10 Å². The average molecular weight is 344 g/mol. The second-order valence-corrected chi connectivity index (χ2v) is 7.67. The zero-order chi connectivity index (χ0) is 18.0. The van der Waals surface area contributed by atoms with Crippen molar-refractivity contribution >= 4 is 0 Å². The van der Waals surface area contributed by atoms with E-state index >= 15 is 0 Å². The Hall–Kier alpha value is -1.86. The van der Waals surface area contributed by atoms with Crippen molar-refractivity contribution in [2.75, 3.05) is 13.6 Å². The van der Waals surface area contributed by atoms with Gasteiger partial charge in [0.15, 0.2) is 0 Å². The Morgan fingerprint density at radius 2 is 2.00 bits per heavy atom. The van der Waals surface area contributed by atoms with Crippen LogP contribution in [0.5, 0.6) is 0 Å². The lowest BCUT2D eigenvalue weighted by Gasteiger charge is -2.26. The van der Waals surface area contributed by atoms with E-state index in [0.29, 0.717) is 18.1 Å². The standard InChI is InChI=1S/C18H28N6O/c1-13-9-10-14(21-20-13)16-19-17(24(22-16)12-18(2,3)25)15-8-6-5-7-11-23(15)4/h9-10,15,25H,5-8,11-12H2,1-4H3. The van der Waals surface area contributed by atoms with Gasteiger partial charge < -0.3 is 5.11 Å². The number of likely N-dealkylation sites (tertiary alicyclic amines) is 1. The fourth-order valence-electron chi connectivity index (χ4n) is 3.29. The van der Waals surface area contributed by atoms with Crippen molar-refractivity contribution in [1.82, 2.24) is 29.9 Å². The highest BCUT2D eigenvalue weighted by atomic mass is 16.3. The fraction of sp³-hybridized carbons (Fsp3) is 0.667. The summed E-state index contributed by atoms with van der Waals surface area (Å²) in [5.74, 6) is 1.48. The number of rotatable bonds is 4. The van der Waals surface area contributed by atoms with Gasteiger partial charge in [-0.3, -0.25) is 4.90 Å². The van der Waals surface area contributed by atoms with Gasteiger partial charge in [-0.05, 0) is 59.3 Å². The van der Waals surface area contributed by atoms with Gasteiger partial charge in [-0.1, -0.05) is 12.8 Å². The molecule has 0 amide bonds. The average Bonchev–Trinajstić information content (AvgIpc) is 2.80. The van der Waals surface area contributed by atoms with Crippen molar-refractivity contribution in [3.05, 3.63) is 23.7 Å². The van der Waals surface area contributed by atoms with E-state index in [9.17, 15) is 5.11 Å². The van der Waals surface area contributed by atoms with E-state index in [0.717, 1.165) is 24.5 Å². The van der Waals surface area contributed by atoms with Crippen LogP contribution in [0.4, 0.5) is 0 Å². The van der Waals surface area contributed by atoms with Gasteiger partial charge in [0.05, 0.1) is 23.9 Å². The lowest BCUT2D eigenvalue weighted by Crippen LogP contribution is -2.32. The van der Waals surface area contributed by atoms with Gasteiger partial charge in [-0.25, -0.2) is 9.67 Å². The number of nitrogens with zero attached hydrogens (tertiary/aromatic N) is 6. The molecular formula is C18H28N6O. The Morgan fingerprint density at radius 3 is 2.68 bits per heavy atom. The first-order valence-corrected chi connectivity index (χ1v) is 9.01. The highest BCUT2D eigenvalue weighted by Gasteiger charge is 2.28. The lowest BCUT2D eigenvalue weighted by molar-refractivity contribution is 0.0547. The summed E-state index contributed by atoms with van der Waals surface area (Å²) in [4.78, 5) is 7.16. The van der Waals surface area contributed by atoms with Crippen LogP contribution < -0.4 is 0 Å². The molecular weight excluding hydrogens is 316 g/mol. The van der Waals surface area contributed by atoms with Crippen LogP contribution in [0.3, 0.4) is 0 Å². The van der Waals surface area contributed by atoms with Gasteiger partial charge in [-0.15, -0.1) is 10.2 Å². The predicted octanol–water partition coefficient (Wildman–Crippen LogP) is 2.36. The highest BCUT2D eigenvalue weighted by molar-refractivity contribution is 5.47. The molecule has 3 rings (SSSR count). The van der Waals surface area contributed by atoms with Crippen LogP contribution in [0.25, 0.3) is 11.5 Å². The monoisotopic (exact) mass is 344 g/mol. The van der Waals surface area contributed by atoms with Crippen molar-refractivity contribution in [3.8, 4) is 11.5 Å². The van der Waals surface area contributed by atoms with Crippen LogP contribution in [-0.2, 0) is 6.54 Å². The van der Waals surface area contributed by atoms with Gasteiger partial charge in [0.1, 0.15) is 11.5 Å². The van der Waals surface area contributed by atoms with E-state index in [2.05, 4.69) is 27.2 Å². The molecule has 25 heavy (non-hydrogen) atoms. The molecule has 1 aliphatic rings. The minimum absolute atomic E-state index is 0.213. The molecule has 1 N–H and O–H groups in total. The summed E-state index contributed by atoms with van der Waals surface area (Å²) in [5.41, 5.74) is 0.670. The molecule has 3 heterocycles. The van der Waals surface area contributed by atoms with E-state index in [1.807, 2.05) is 23.7 Å². The van der Waals surface area contributed by atoms with Crippen LogP contribution in [0.15, 0.2) is 12.1 Å². The second-order valence-electron chi connectivity index (χ2n) is 7.67. The zero-order valence-electron chi connectivity index (χ0n) is 15.6. The third-order valence-corrected chi connectivity index (χ3v) is 4.58. The number of hydrogen-bond acceptors (Lipinski definition) is 6. The molecule has 7 heteroatoms. The smallest absolute Gasteiger partial charge is 0.201 e. The molecule has 1 saturated heterocycles. The summed E-state index contributed by atoms with van der Waals surface area (Å²) in [5, 5.41) is 23.3. The Bertz CT molecular complexity index is 703. The molecule has 2 aromatic rings. The van der Waals surface area contributed by atoms with Crippen LogP contribution >= 0.6 is 0 Å². The van der Waals surface area contributed by atoms with Gasteiger partial charge in [0, 0.05) is 0 Å². The van der Waals surface area contributed by atoms with E-state index in [4.69, 9.17) is 4.98 Å². The molecule has 2 aromatic heterocycles. The third-order valence-electron chi connectivity index (χ3n) is 4.58. The molecule has 1 atom stereocenters. The molecule has 0 aliphatic carbocycles. The maximum Gasteiger partial charge on any atom is 0.201 e. The van der Waals surface area contributed by atoms with Crippen LogP contribution in [0.2, 0.25) is 0 Å². The quantitative estimate of drug-likeness (QED) is 0.917. The minimum atomic E-state index is -0.859. The maximum atomic E-state index is 10.3. The van der Waals surface area contributed by atoms with Crippen molar-refractivity contribution in [3.63, 3.8) is 0 Å². The summed E-state index contributed by atoms with van der Waals surface area (Å²) in [6, 6.07) is 4.02. The van der Waals surface area contributed by atoms with Crippen LogP contribution in [0, 0.1) is 6.92 Å². The Morgan fingerprint density at radius 1 is 1.20 bits per heavy atom. The molecule has 0 bridgehead atoms. The van der Waals surface area contributed by atoms with E-state index in [1.54, 1.807) is 13.8 Å². The molecule has 0 saturated carbocycles. The molecule has 0 aromatic carbocycles. The molecule has 0 radical (unpaired) electrons. The largest absolute Gasteiger partial charge is 0.389 e. The molecule has 1 fully saturated rings. The number of aromatic nitrogens is 5. The van der Waals surface area contributed by atoms with E-state index in [-0.39, 0.29) is 6.04 Å². The number of aliphatic hydroxyl groups is 1. The molecule has 0 spiro atoms. The number of hydrogen-bond donors (Lipinski definition) is 1. The Balaban J connectivity index is 2.00. The summed E-state index contributed by atoms with van der Waals surface area (Å²) in [6.07, 6.45) is 4.70. The van der Waals surface area contributed by atoms with Crippen molar-refractivity contribution in [1.29, 1.82) is 0 Å². The topological polar surface area (TPSA) is 80.0 Å². The number of aryl methyl sites for hydroxylation is 1. The SMILES string of the molecule is Cc1ccc(-c2nc(C3CCCCCN3C)n(CC(C)(C)O)n2)nn1. The predicted molar refractivity (Wildman–Crippen MR) is 95.9 cm³/mol. The first-order chi connectivity index (χ1) is 11.8. The highest BCUT2D eigenvalue weighted by Crippen LogP contribution is 2.29. The van der Waals surface area contributed by atoms with Gasteiger partial charge in [0.25, 0.3) is 0 Å². The second kappa shape index (κ2) is 7.17. The Labute approximate surface area is 149 Å². The maximum absolute atomic E-state index is 10.3. The first-order valence-electron chi connectivity index (χ1n) is 9.01. The molecule has 1 aliphatic heterocycles. The normalized spacial score (nSPS) is 19.8. The van der Waals surface area contributed by atoms with Crippen LogP contribution in [0.1, 0.15) is 57.1 Å². The summed E-state index contributed by atoms with van der Waals surface area (Å²) in [7, 11) is 2.14. The summed E-state index contributed by atoms with van der Waals surface area (Å²) < 4.78 is 1.85. The molecule has 7 nitrogen and oxygen atoms in total. The third kappa shape index (κ3) is 4.41. The summed E-state index contributed by atoms with van der Waals surface area (Å²) in [6.45, 7) is 6.95. The van der Waals surface area contributed by atoms with E-state index < -0.39 is 5.60 Å². The van der Waals surface area contributed by atoms with Crippen LogP contribution in [-0.4, -0.2) is 54.2 Å².